The molecule has 0 aliphatic carbocycles. The van der Waals surface area contributed by atoms with Gasteiger partial charge in [0.05, 0.1) is 17.1 Å². The zero-order valence-electron chi connectivity index (χ0n) is 8.90. The fourth-order valence-electron chi connectivity index (χ4n) is 1.27. The fourth-order valence-corrected chi connectivity index (χ4v) is 2.00. The van der Waals surface area contributed by atoms with Gasteiger partial charge < -0.3 is 11.1 Å². The van der Waals surface area contributed by atoms with Gasteiger partial charge in [-0.15, -0.1) is 5.10 Å². The molecule has 7 heteroatoms. The molecule has 0 unspecified atom stereocenters. The summed E-state index contributed by atoms with van der Waals surface area (Å²) in [4.78, 5) is 12.3. The fraction of sp³-hybridized carbons (Fsp3) is 0.100. The molecule has 0 radical (unpaired) electrons. The van der Waals surface area contributed by atoms with Crippen LogP contribution in [-0.2, 0) is 0 Å². The minimum Gasteiger partial charge on any atom is -0.397 e. The van der Waals surface area contributed by atoms with E-state index in [0.717, 1.165) is 11.5 Å². The van der Waals surface area contributed by atoms with E-state index in [1.165, 1.54) is 0 Å². The summed E-state index contributed by atoms with van der Waals surface area (Å²) in [6.07, 6.45) is 0. The van der Waals surface area contributed by atoms with Crippen LogP contribution >= 0.6 is 23.1 Å². The number of hydrogen-bond acceptors (Lipinski definition) is 5. The monoisotopic (exact) mass is 268 g/mol. The van der Waals surface area contributed by atoms with Crippen LogP contribution in [0.25, 0.3) is 0 Å². The number of anilines is 2. The second-order valence-electron chi connectivity index (χ2n) is 3.37. The molecule has 0 bridgehead atoms. The number of carbonyl (C=O) groups is 1. The summed E-state index contributed by atoms with van der Waals surface area (Å²) in [7, 11) is 0. The lowest BCUT2D eigenvalue weighted by Gasteiger charge is -2.07. The second-order valence-corrected chi connectivity index (χ2v) is 4.56. The van der Waals surface area contributed by atoms with Crippen molar-refractivity contribution in [3.8, 4) is 0 Å². The molecule has 0 fully saturated rings. The first kappa shape index (κ1) is 11.8. The van der Waals surface area contributed by atoms with E-state index in [0.29, 0.717) is 27.0 Å². The van der Waals surface area contributed by atoms with E-state index in [1.54, 1.807) is 25.1 Å². The van der Waals surface area contributed by atoms with Gasteiger partial charge in [-0.25, -0.2) is 0 Å². The first-order chi connectivity index (χ1) is 8.08. The average molecular weight is 269 g/mol. The number of amides is 1. The smallest absolute Gasteiger partial charge is 0.269 e. The Morgan fingerprint density at radius 1 is 1.53 bits per heavy atom. The molecule has 1 heterocycles. The number of benzene rings is 1. The third-order valence-electron chi connectivity index (χ3n) is 2.12. The van der Waals surface area contributed by atoms with Crippen molar-refractivity contribution in [1.82, 2.24) is 9.59 Å². The van der Waals surface area contributed by atoms with E-state index < -0.39 is 0 Å². The lowest BCUT2D eigenvalue weighted by molar-refractivity contribution is 0.103. The Balaban J connectivity index is 2.22. The van der Waals surface area contributed by atoms with Crippen LogP contribution in [0.2, 0.25) is 5.02 Å². The van der Waals surface area contributed by atoms with E-state index in [-0.39, 0.29) is 5.91 Å². The lowest BCUT2D eigenvalue weighted by Crippen LogP contribution is -2.12. The summed E-state index contributed by atoms with van der Waals surface area (Å²) in [5.41, 5.74) is 7.27. The minimum absolute atomic E-state index is 0.272. The Bertz CT molecular complexity index is 569. The lowest BCUT2D eigenvalue weighted by atomic mass is 10.2. The molecular formula is C10H9ClN4OS. The highest BCUT2D eigenvalue weighted by molar-refractivity contribution is 7.08. The zero-order valence-corrected chi connectivity index (χ0v) is 10.5. The Morgan fingerprint density at radius 3 is 2.88 bits per heavy atom. The number of nitrogens with one attached hydrogen (secondary N) is 1. The molecule has 3 N–H and O–H groups in total. The van der Waals surface area contributed by atoms with Crippen molar-refractivity contribution in [1.29, 1.82) is 0 Å². The molecule has 0 aliphatic rings. The molecular weight excluding hydrogens is 260 g/mol. The van der Waals surface area contributed by atoms with Crippen molar-refractivity contribution in [2.24, 2.45) is 0 Å². The molecule has 0 spiro atoms. The minimum atomic E-state index is -0.272. The number of halogens is 1. The molecule has 1 aromatic carbocycles. The van der Waals surface area contributed by atoms with Gasteiger partial charge in [-0.2, -0.15) is 0 Å². The molecule has 17 heavy (non-hydrogen) atoms. The Hall–Kier alpha value is -1.66. The number of aryl methyl sites for hydroxylation is 1. The van der Waals surface area contributed by atoms with Gasteiger partial charge in [-0.05, 0) is 36.7 Å². The predicted octanol–water partition coefficient (Wildman–Crippen LogP) is 2.33. The van der Waals surface area contributed by atoms with E-state index in [9.17, 15) is 4.79 Å². The van der Waals surface area contributed by atoms with Crippen LogP contribution in [0.1, 0.15) is 15.4 Å². The number of nitrogen functional groups attached to an aromatic ring is 1. The maximum Gasteiger partial charge on any atom is 0.269 e. The molecule has 0 saturated heterocycles. The van der Waals surface area contributed by atoms with E-state index in [1.807, 2.05) is 0 Å². The standard InChI is InChI=1S/C10H9ClN4OS/c1-5-9(17-15-14-5)10(16)13-8-3-2-6(11)4-7(8)12/h2-4H,12H2,1H3,(H,13,16). The van der Waals surface area contributed by atoms with Crippen LogP contribution < -0.4 is 11.1 Å². The Morgan fingerprint density at radius 2 is 2.29 bits per heavy atom. The molecule has 0 atom stereocenters. The van der Waals surface area contributed by atoms with Gasteiger partial charge in [-0.1, -0.05) is 16.1 Å². The van der Waals surface area contributed by atoms with Gasteiger partial charge in [0.15, 0.2) is 0 Å². The SMILES string of the molecule is Cc1nnsc1C(=O)Nc1ccc(Cl)cc1N. The van der Waals surface area contributed by atoms with Crippen LogP contribution in [-0.4, -0.2) is 15.5 Å². The number of nitrogens with zero attached hydrogens (tertiary/aromatic N) is 2. The van der Waals surface area contributed by atoms with Crippen LogP contribution in [0.4, 0.5) is 11.4 Å². The quantitative estimate of drug-likeness (QED) is 0.819. The molecule has 2 aromatic rings. The molecule has 5 nitrogen and oxygen atoms in total. The maximum atomic E-state index is 11.9. The highest BCUT2D eigenvalue weighted by atomic mass is 35.5. The normalized spacial score (nSPS) is 10.2. The molecule has 1 amide bonds. The number of nitrogens with two attached hydrogens (primary N) is 1. The van der Waals surface area contributed by atoms with E-state index >= 15 is 0 Å². The summed E-state index contributed by atoms with van der Waals surface area (Å²) in [6, 6.07) is 4.89. The third kappa shape index (κ3) is 2.54. The summed E-state index contributed by atoms with van der Waals surface area (Å²) in [5, 5.41) is 6.98. The van der Waals surface area contributed by atoms with Crippen molar-refractivity contribution >= 4 is 40.4 Å². The molecule has 1 aromatic heterocycles. The Labute approximate surface area is 107 Å². The summed E-state index contributed by atoms with van der Waals surface area (Å²) < 4.78 is 3.70. The van der Waals surface area contributed by atoms with Crippen molar-refractivity contribution in [3.63, 3.8) is 0 Å². The number of hydrogen-bond donors (Lipinski definition) is 2. The first-order valence-corrected chi connectivity index (χ1v) is 5.88. The number of carbonyl (C=O) groups excluding carboxylic acids is 1. The molecule has 2 rings (SSSR count). The largest absolute Gasteiger partial charge is 0.397 e. The van der Waals surface area contributed by atoms with Crippen LogP contribution in [0.3, 0.4) is 0 Å². The topological polar surface area (TPSA) is 80.9 Å². The maximum absolute atomic E-state index is 11.9. The van der Waals surface area contributed by atoms with Gasteiger partial charge in [0.1, 0.15) is 4.88 Å². The number of rotatable bonds is 2. The zero-order chi connectivity index (χ0) is 12.4. The van der Waals surface area contributed by atoms with Crippen molar-refractivity contribution in [3.05, 3.63) is 33.8 Å². The summed E-state index contributed by atoms with van der Waals surface area (Å²) in [5.74, 6) is -0.272. The van der Waals surface area contributed by atoms with Crippen molar-refractivity contribution in [2.75, 3.05) is 11.1 Å². The van der Waals surface area contributed by atoms with Crippen LogP contribution in [0, 0.1) is 6.92 Å². The Kier molecular flexibility index (Phi) is 3.26. The molecule has 88 valence electrons. The molecule has 0 saturated carbocycles. The van der Waals surface area contributed by atoms with E-state index in [2.05, 4.69) is 14.9 Å². The van der Waals surface area contributed by atoms with Crippen LogP contribution in [0.15, 0.2) is 18.2 Å². The first-order valence-electron chi connectivity index (χ1n) is 4.73. The molecule has 0 aliphatic heterocycles. The van der Waals surface area contributed by atoms with Crippen molar-refractivity contribution < 1.29 is 4.79 Å². The second kappa shape index (κ2) is 4.68. The van der Waals surface area contributed by atoms with Gasteiger partial charge in [-0.3, -0.25) is 4.79 Å². The van der Waals surface area contributed by atoms with E-state index in [4.69, 9.17) is 17.3 Å². The average Bonchev–Trinajstić information content (AvgIpc) is 2.68. The highest BCUT2D eigenvalue weighted by Crippen LogP contribution is 2.23. The predicted molar refractivity (Wildman–Crippen MR) is 68.5 cm³/mol. The van der Waals surface area contributed by atoms with Gasteiger partial charge in [0, 0.05) is 5.02 Å². The number of aromatic nitrogens is 2. The van der Waals surface area contributed by atoms with Crippen LogP contribution in [0.5, 0.6) is 0 Å². The third-order valence-corrected chi connectivity index (χ3v) is 3.18. The van der Waals surface area contributed by atoms with Gasteiger partial charge in [0.2, 0.25) is 0 Å². The van der Waals surface area contributed by atoms with Gasteiger partial charge >= 0.3 is 0 Å². The summed E-state index contributed by atoms with van der Waals surface area (Å²) in [6.45, 7) is 1.73. The van der Waals surface area contributed by atoms with Crippen molar-refractivity contribution in [2.45, 2.75) is 6.92 Å². The van der Waals surface area contributed by atoms with Gasteiger partial charge in [0.25, 0.3) is 5.91 Å². The highest BCUT2D eigenvalue weighted by Gasteiger charge is 2.14. The summed E-state index contributed by atoms with van der Waals surface area (Å²) >= 11 is 6.81.